The van der Waals surface area contributed by atoms with Gasteiger partial charge in [-0.2, -0.15) is 0 Å². The molecular weight excluding hydrogens is 458 g/mol. The molecule has 0 saturated heterocycles. The van der Waals surface area contributed by atoms with E-state index in [1.54, 1.807) is 38.5 Å². The summed E-state index contributed by atoms with van der Waals surface area (Å²) < 4.78 is 1.49. The maximum Gasteiger partial charge on any atom is 0.274 e. The molecule has 3 aromatic rings. The second-order valence-corrected chi connectivity index (χ2v) is 10.3. The van der Waals surface area contributed by atoms with Crippen LogP contribution in [0.5, 0.6) is 0 Å². The zero-order valence-electron chi connectivity index (χ0n) is 21.9. The number of anilines is 1. The number of nitrogens with one attached hydrogen (secondary N) is 2. The van der Waals surface area contributed by atoms with E-state index >= 15 is 0 Å². The summed E-state index contributed by atoms with van der Waals surface area (Å²) in [5.41, 5.74) is 2.20. The van der Waals surface area contributed by atoms with Crippen LogP contribution in [0, 0.1) is 12.3 Å². The average molecular weight is 494 g/mol. The molecule has 0 aliphatic carbocycles. The van der Waals surface area contributed by atoms with E-state index in [1.807, 2.05) is 6.92 Å². The summed E-state index contributed by atoms with van der Waals surface area (Å²) in [7, 11) is 3.36. The average Bonchev–Trinajstić information content (AvgIpc) is 3.17. The highest BCUT2D eigenvalue weighted by molar-refractivity contribution is 5.90. The Morgan fingerprint density at radius 2 is 1.94 bits per heavy atom. The second-order valence-electron chi connectivity index (χ2n) is 10.3. The zero-order valence-corrected chi connectivity index (χ0v) is 21.9. The van der Waals surface area contributed by atoms with Crippen molar-refractivity contribution in [1.29, 1.82) is 0 Å². The Morgan fingerprint density at radius 1 is 1.19 bits per heavy atom. The number of hydrogen-bond donors (Lipinski definition) is 2. The fourth-order valence-electron chi connectivity index (χ4n) is 3.67. The minimum Gasteiger partial charge on any atom is -0.345 e. The lowest BCUT2D eigenvalue weighted by atomic mass is 9.90. The van der Waals surface area contributed by atoms with Gasteiger partial charge in [-0.3, -0.25) is 14.4 Å². The number of rotatable bonds is 9. The Kier molecular flexibility index (Phi) is 8.39. The van der Waals surface area contributed by atoms with Crippen molar-refractivity contribution >= 4 is 28.7 Å². The van der Waals surface area contributed by atoms with Gasteiger partial charge in [-0.1, -0.05) is 26.8 Å². The maximum absolute atomic E-state index is 13.0. The van der Waals surface area contributed by atoms with Gasteiger partial charge in [-0.25, -0.2) is 15.0 Å². The Labute approximate surface area is 210 Å². The van der Waals surface area contributed by atoms with Crippen LogP contribution in [0.2, 0.25) is 0 Å². The molecule has 0 aliphatic rings. The van der Waals surface area contributed by atoms with Gasteiger partial charge < -0.3 is 19.8 Å². The number of pyridine rings is 1. The highest BCUT2D eigenvalue weighted by Crippen LogP contribution is 2.24. The summed E-state index contributed by atoms with van der Waals surface area (Å²) in [6.45, 7) is 8.50. The van der Waals surface area contributed by atoms with E-state index in [9.17, 15) is 14.4 Å². The van der Waals surface area contributed by atoms with Crippen LogP contribution in [0.1, 0.15) is 57.4 Å². The Balaban J connectivity index is 1.68. The lowest BCUT2D eigenvalue weighted by Gasteiger charge is -2.17. The first-order valence-corrected chi connectivity index (χ1v) is 12.0. The Morgan fingerprint density at radius 3 is 2.64 bits per heavy atom. The SMILES string of the molecule is Cc1nc(CC(C)(C)C)c2[nH]c(Cn3cccc(NC(=O)CCC/C=C/C(=O)N(C)C)c3=O)nc2n1. The van der Waals surface area contributed by atoms with Crippen molar-refractivity contribution in [2.24, 2.45) is 5.41 Å². The number of nitrogens with zero attached hydrogens (tertiary/aromatic N) is 5. The van der Waals surface area contributed by atoms with Gasteiger partial charge in [0.1, 0.15) is 22.9 Å². The fourth-order valence-corrected chi connectivity index (χ4v) is 3.67. The Bertz CT molecular complexity index is 1330. The standard InChI is InChI=1S/C26H35N7O3/c1-17-27-19(15-26(2,3)4)23-24(28-17)31-20(30-23)16-33-14-10-11-18(25(33)36)29-21(34)12-8-7-9-13-22(35)32(5)6/h9-11,13-14H,7-8,12,15-16H2,1-6H3,(H,29,34)(H,27,28,30,31)/b13-9+. The normalized spacial score (nSPS) is 11.8. The van der Waals surface area contributed by atoms with E-state index in [0.717, 1.165) is 17.6 Å². The minimum absolute atomic E-state index is 0.0441. The monoisotopic (exact) mass is 493 g/mol. The molecule has 0 bridgehead atoms. The third-order valence-corrected chi connectivity index (χ3v) is 5.37. The number of aromatic amines is 1. The van der Waals surface area contributed by atoms with Crippen LogP contribution >= 0.6 is 0 Å². The van der Waals surface area contributed by atoms with Crippen molar-refractivity contribution in [3.63, 3.8) is 0 Å². The highest BCUT2D eigenvalue weighted by atomic mass is 16.2. The first kappa shape index (κ1) is 26.8. The molecule has 10 heteroatoms. The van der Waals surface area contributed by atoms with E-state index in [-0.39, 0.29) is 41.4 Å². The Hall–Kier alpha value is -3.82. The number of carbonyl (C=O) groups excluding carboxylic acids is 2. The molecule has 0 atom stereocenters. The summed E-state index contributed by atoms with van der Waals surface area (Å²) in [6.07, 6.45) is 7.06. The predicted octanol–water partition coefficient (Wildman–Crippen LogP) is 3.21. The third kappa shape index (κ3) is 7.34. The van der Waals surface area contributed by atoms with Gasteiger partial charge in [-0.05, 0) is 49.8 Å². The number of fused-ring (bicyclic) bond motifs is 1. The minimum atomic E-state index is -0.319. The largest absolute Gasteiger partial charge is 0.345 e. The number of hydrogen-bond acceptors (Lipinski definition) is 6. The lowest BCUT2D eigenvalue weighted by Crippen LogP contribution is -2.26. The van der Waals surface area contributed by atoms with E-state index < -0.39 is 0 Å². The van der Waals surface area contributed by atoms with Crippen molar-refractivity contribution in [2.45, 2.75) is 59.9 Å². The van der Waals surface area contributed by atoms with Gasteiger partial charge >= 0.3 is 0 Å². The van der Waals surface area contributed by atoms with E-state index in [4.69, 9.17) is 0 Å². The van der Waals surface area contributed by atoms with Crippen LogP contribution in [0.25, 0.3) is 11.2 Å². The number of likely N-dealkylation sites (N-methyl/N-ethyl adjacent to an activating group) is 1. The third-order valence-electron chi connectivity index (χ3n) is 5.37. The molecule has 3 aromatic heterocycles. The summed E-state index contributed by atoms with van der Waals surface area (Å²) in [6, 6.07) is 3.30. The molecule has 2 amide bonds. The van der Waals surface area contributed by atoms with Crippen LogP contribution in [-0.4, -0.2) is 55.3 Å². The summed E-state index contributed by atoms with van der Waals surface area (Å²) >= 11 is 0. The molecule has 3 heterocycles. The van der Waals surface area contributed by atoms with Crippen LogP contribution in [0.15, 0.2) is 35.3 Å². The number of aromatic nitrogens is 5. The molecule has 10 nitrogen and oxygen atoms in total. The number of carbonyl (C=O) groups is 2. The highest BCUT2D eigenvalue weighted by Gasteiger charge is 2.18. The van der Waals surface area contributed by atoms with Crippen molar-refractivity contribution in [2.75, 3.05) is 19.4 Å². The molecule has 192 valence electrons. The van der Waals surface area contributed by atoms with Gasteiger partial charge in [0.2, 0.25) is 11.8 Å². The second kappa shape index (κ2) is 11.3. The smallest absolute Gasteiger partial charge is 0.274 e. The van der Waals surface area contributed by atoms with Gasteiger partial charge in [-0.15, -0.1) is 0 Å². The molecule has 0 aliphatic heterocycles. The summed E-state index contributed by atoms with van der Waals surface area (Å²) in [5, 5.41) is 2.70. The van der Waals surface area contributed by atoms with Crippen molar-refractivity contribution in [3.05, 3.63) is 58.2 Å². The summed E-state index contributed by atoms with van der Waals surface area (Å²) in [4.78, 5) is 55.2. The number of aryl methyl sites for hydroxylation is 1. The van der Waals surface area contributed by atoms with E-state index in [2.05, 4.69) is 46.0 Å². The predicted molar refractivity (Wildman–Crippen MR) is 140 cm³/mol. The van der Waals surface area contributed by atoms with E-state index in [0.29, 0.717) is 30.1 Å². The van der Waals surface area contributed by atoms with Gasteiger partial charge in [0.05, 0.1) is 12.2 Å². The molecule has 0 radical (unpaired) electrons. The van der Waals surface area contributed by atoms with Gasteiger partial charge in [0, 0.05) is 26.7 Å². The first-order valence-electron chi connectivity index (χ1n) is 12.0. The molecule has 0 spiro atoms. The number of amides is 2. The number of imidazole rings is 1. The maximum atomic E-state index is 13.0. The molecule has 0 aromatic carbocycles. The molecule has 2 N–H and O–H groups in total. The van der Waals surface area contributed by atoms with Crippen LogP contribution in [-0.2, 0) is 22.6 Å². The molecule has 0 saturated carbocycles. The molecule has 3 rings (SSSR count). The lowest BCUT2D eigenvalue weighted by molar-refractivity contribution is -0.123. The molecular formula is C26H35N7O3. The summed E-state index contributed by atoms with van der Waals surface area (Å²) in [5.74, 6) is 0.894. The van der Waals surface area contributed by atoms with Crippen LogP contribution in [0.3, 0.4) is 0 Å². The molecule has 36 heavy (non-hydrogen) atoms. The first-order chi connectivity index (χ1) is 16.9. The quantitative estimate of drug-likeness (QED) is 0.348. The van der Waals surface area contributed by atoms with Crippen LogP contribution < -0.4 is 10.9 Å². The van der Waals surface area contributed by atoms with Crippen molar-refractivity contribution in [3.8, 4) is 0 Å². The fraction of sp³-hybridized carbons (Fsp3) is 0.462. The topological polar surface area (TPSA) is 126 Å². The van der Waals surface area contributed by atoms with Crippen molar-refractivity contribution in [1.82, 2.24) is 29.4 Å². The number of unbranched alkanes of at least 4 members (excludes halogenated alkanes) is 1. The van der Waals surface area contributed by atoms with Crippen LogP contribution in [0.4, 0.5) is 5.69 Å². The zero-order chi connectivity index (χ0) is 26.5. The number of allylic oxidation sites excluding steroid dienone is 1. The van der Waals surface area contributed by atoms with Gasteiger partial charge in [0.25, 0.3) is 5.56 Å². The van der Waals surface area contributed by atoms with Crippen molar-refractivity contribution < 1.29 is 9.59 Å². The van der Waals surface area contributed by atoms with Gasteiger partial charge in [0.15, 0.2) is 5.65 Å². The molecule has 0 unspecified atom stereocenters. The molecule has 0 fully saturated rings. The van der Waals surface area contributed by atoms with E-state index in [1.165, 1.54) is 15.5 Å². The number of H-pyrrole nitrogens is 1.